The van der Waals surface area contributed by atoms with E-state index in [4.69, 9.17) is 0 Å². The van der Waals surface area contributed by atoms with Gasteiger partial charge in [0.15, 0.2) is 21.2 Å². The molecule has 1 heterocycles. The second-order valence-corrected chi connectivity index (χ2v) is 3.85. The van der Waals surface area contributed by atoms with Gasteiger partial charge >= 0.3 is 0 Å². The second-order valence-electron chi connectivity index (χ2n) is 1.43. The Morgan fingerprint density at radius 1 is 1.20 bits per heavy atom. The van der Waals surface area contributed by atoms with Crippen LogP contribution in [0.5, 0.6) is 0 Å². The summed E-state index contributed by atoms with van der Waals surface area (Å²) in [6, 6.07) is 0. The highest BCUT2D eigenvalue weighted by molar-refractivity contribution is 8.01. The fourth-order valence-corrected chi connectivity index (χ4v) is 3.02. The quantitative estimate of drug-likeness (QED) is 0.529. The van der Waals surface area contributed by atoms with Crippen LogP contribution in [0.25, 0.3) is 0 Å². The molecule has 0 N–H and O–H groups in total. The maximum Gasteiger partial charge on any atom is 0.192 e. The molecule has 0 aliphatic rings. The first kappa shape index (κ1) is 8.32. The van der Waals surface area contributed by atoms with Crippen LogP contribution in [0.3, 0.4) is 0 Å². The van der Waals surface area contributed by atoms with E-state index in [-0.39, 0.29) is 0 Å². The standard InChI is InChI=1S/C4H6N2OS3/c1-8-3-4(9-2)6-10(7)5-3/h1-2H3. The van der Waals surface area contributed by atoms with Gasteiger partial charge in [-0.15, -0.1) is 23.5 Å². The highest BCUT2D eigenvalue weighted by atomic mass is 32.2. The number of hydrogen-bond donors (Lipinski definition) is 0. The molecule has 0 amide bonds. The molecule has 0 saturated carbocycles. The van der Waals surface area contributed by atoms with Gasteiger partial charge in [0, 0.05) is 0 Å². The predicted molar refractivity (Wildman–Crippen MR) is 44.2 cm³/mol. The van der Waals surface area contributed by atoms with E-state index in [2.05, 4.69) is 8.75 Å². The zero-order valence-corrected chi connectivity index (χ0v) is 7.98. The summed E-state index contributed by atoms with van der Waals surface area (Å²) in [6.07, 6.45) is 3.79. The summed E-state index contributed by atoms with van der Waals surface area (Å²) < 4.78 is 18.3. The smallest absolute Gasteiger partial charge is 0.192 e. The third kappa shape index (κ3) is 1.63. The zero-order valence-electron chi connectivity index (χ0n) is 5.53. The average molecular weight is 194 g/mol. The molecule has 0 aliphatic heterocycles. The average Bonchev–Trinajstić information content (AvgIpc) is 2.30. The van der Waals surface area contributed by atoms with Crippen LogP contribution in [0.4, 0.5) is 0 Å². The lowest BCUT2D eigenvalue weighted by molar-refractivity contribution is 0.583. The van der Waals surface area contributed by atoms with Crippen molar-refractivity contribution >= 4 is 34.7 Å². The Morgan fingerprint density at radius 3 is 1.90 bits per heavy atom. The Balaban J connectivity index is 2.96. The van der Waals surface area contributed by atoms with E-state index in [0.29, 0.717) is 0 Å². The van der Waals surface area contributed by atoms with E-state index in [0.717, 1.165) is 10.1 Å². The normalized spacial score (nSPS) is 10.3. The fraction of sp³-hybridized carbons (Fsp3) is 0.500. The SMILES string of the molecule is CSc1n[s+]([O-])nc1SC. The van der Waals surface area contributed by atoms with Crippen LogP contribution in [0, 0.1) is 0 Å². The van der Waals surface area contributed by atoms with Crippen molar-refractivity contribution in [3.63, 3.8) is 0 Å². The third-order valence-corrected chi connectivity index (χ3v) is 3.27. The van der Waals surface area contributed by atoms with Gasteiger partial charge in [0.2, 0.25) is 0 Å². The number of hydrogen-bond acceptors (Lipinski definition) is 5. The lowest BCUT2D eigenvalue weighted by Crippen LogP contribution is -1.70. The molecule has 1 aromatic heterocycles. The number of aromatic nitrogens is 2. The molecule has 0 atom stereocenters. The summed E-state index contributed by atoms with van der Waals surface area (Å²) >= 11 is 1.60. The lowest BCUT2D eigenvalue weighted by Gasteiger charge is -1.83. The molecule has 0 saturated heterocycles. The third-order valence-electron chi connectivity index (χ3n) is 0.892. The van der Waals surface area contributed by atoms with Crippen molar-refractivity contribution in [3.05, 3.63) is 0 Å². The molecule has 0 unspecified atom stereocenters. The van der Waals surface area contributed by atoms with Crippen LogP contribution >= 0.6 is 34.7 Å². The van der Waals surface area contributed by atoms with Crippen molar-refractivity contribution in [2.24, 2.45) is 0 Å². The molecule has 1 aromatic rings. The highest BCUT2D eigenvalue weighted by Crippen LogP contribution is 2.27. The first-order chi connectivity index (χ1) is 4.77. The van der Waals surface area contributed by atoms with Crippen LogP contribution in [-0.4, -0.2) is 25.8 Å². The molecule has 0 aliphatic carbocycles. The summed E-state index contributed by atoms with van der Waals surface area (Å²) in [5.74, 6) is 0. The Labute approximate surface area is 70.7 Å². The van der Waals surface area contributed by atoms with Crippen LogP contribution in [0.1, 0.15) is 0 Å². The number of nitrogens with zero attached hydrogens (tertiary/aromatic N) is 2. The Hall–Kier alpha value is 0.220. The van der Waals surface area contributed by atoms with Crippen molar-refractivity contribution in [2.75, 3.05) is 12.5 Å². The van der Waals surface area contributed by atoms with Gasteiger partial charge in [0.05, 0.1) is 0 Å². The zero-order chi connectivity index (χ0) is 7.56. The van der Waals surface area contributed by atoms with Gasteiger partial charge in [-0.05, 0) is 21.3 Å². The first-order valence-corrected chi connectivity index (χ1v) is 5.97. The molecule has 3 nitrogen and oxygen atoms in total. The van der Waals surface area contributed by atoms with Gasteiger partial charge in [-0.3, -0.25) is 0 Å². The Morgan fingerprint density at radius 2 is 1.60 bits per heavy atom. The topological polar surface area (TPSA) is 48.8 Å². The molecule has 6 heteroatoms. The minimum atomic E-state index is -1.35. The maximum atomic E-state index is 10.7. The van der Waals surface area contributed by atoms with Crippen LogP contribution in [0.2, 0.25) is 0 Å². The van der Waals surface area contributed by atoms with E-state index in [9.17, 15) is 4.55 Å². The largest absolute Gasteiger partial charge is 0.546 e. The predicted octanol–water partition coefficient (Wildman–Crippen LogP) is 1.65. The number of rotatable bonds is 2. The molecule has 10 heavy (non-hydrogen) atoms. The van der Waals surface area contributed by atoms with Crippen molar-refractivity contribution < 1.29 is 4.55 Å². The van der Waals surface area contributed by atoms with Gasteiger partial charge in [0.1, 0.15) is 0 Å². The van der Waals surface area contributed by atoms with Crippen LogP contribution in [0.15, 0.2) is 10.1 Å². The lowest BCUT2D eigenvalue weighted by atomic mass is 10.9. The first-order valence-electron chi connectivity index (χ1n) is 2.45. The molecule has 1 rings (SSSR count). The minimum absolute atomic E-state index is 0.783. The van der Waals surface area contributed by atoms with Gasteiger partial charge in [-0.2, -0.15) is 0 Å². The summed E-state index contributed by atoms with van der Waals surface area (Å²) in [6.45, 7) is 0. The van der Waals surface area contributed by atoms with Gasteiger partial charge < -0.3 is 4.55 Å². The molecular formula is C4H6N2OS3. The van der Waals surface area contributed by atoms with Crippen molar-refractivity contribution in [3.8, 4) is 0 Å². The van der Waals surface area contributed by atoms with Gasteiger partial charge in [-0.1, -0.05) is 0 Å². The van der Waals surface area contributed by atoms with E-state index >= 15 is 0 Å². The molecule has 56 valence electrons. The molecule has 0 aromatic carbocycles. The minimum Gasteiger partial charge on any atom is -0.546 e. The van der Waals surface area contributed by atoms with Crippen LogP contribution < -0.4 is 0 Å². The van der Waals surface area contributed by atoms with Gasteiger partial charge in [0.25, 0.3) is 0 Å². The van der Waals surface area contributed by atoms with E-state index in [1.165, 1.54) is 23.5 Å². The monoisotopic (exact) mass is 194 g/mol. The number of thioether (sulfide) groups is 2. The highest BCUT2D eigenvalue weighted by Gasteiger charge is 2.12. The van der Waals surface area contributed by atoms with Crippen LogP contribution in [-0.2, 0) is 0 Å². The molecular weight excluding hydrogens is 188 g/mol. The molecule has 0 fully saturated rings. The van der Waals surface area contributed by atoms with Gasteiger partial charge in [-0.25, -0.2) is 0 Å². The summed E-state index contributed by atoms with van der Waals surface area (Å²) in [7, 11) is 0. The Kier molecular flexibility index (Phi) is 2.96. The summed E-state index contributed by atoms with van der Waals surface area (Å²) in [5.41, 5.74) is 0. The van der Waals surface area contributed by atoms with Crippen molar-refractivity contribution in [2.45, 2.75) is 10.1 Å². The molecule has 0 radical (unpaired) electrons. The van der Waals surface area contributed by atoms with E-state index < -0.39 is 11.1 Å². The second kappa shape index (κ2) is 3.56. The van der Waals surface area contributed by atoms with E-state index in [1.807, 2.05) is 12.5 Å². The van der Waals surface area contributed by atoms with Crippen molar-refractivity contribution in [1.82, 2.24) is 8.75 Å². The molecule has 0 bridgehead atoms. The summed E-state index contributed by atoms with van der Waals surface area (Å²) in [5, 5.41) is 1.57. The Bertz CT molecular complexity index is 203. The molecule has 0 spiro atoms. The summed E-state index contributed by atoms with van der Waals surface area (Å²) in [4.78, 5) is 0. The van der Waals surface area contributed by atoms with E-state index in [1.54, 1.807) is 0 Å². The maximum absolute atomic E-state index is 10.7. The van der Waals surface area contributed by atoms with Crippen molar-refractivity contribution in [1.29, 1.82) is 0 Å². The fourth-order valence-electron chi connectivity index (χ4n) is 0.490.